The lowest BCUT2D eigenvalue weighted by atomic mass is 10.1. The van der Waals surface area contributed by atoms with Crippen LogP contribution in [0.3, 0.4) is 0 Å². The Morgan fingerprint density at radius 3 is 2.41 bits per heavy atom. The molecule has 3 rings (SSSR count). The first-order valence-corrected chi connectivity index (χ1v) is 9.04. The monoisotopic (exact) mass is 370 g/mol. The van der Waals surface area contributed by atoms with Crippen molar-refractivity contribution < 1.29 is 14.7 Å². The summed E-state index contributed by atoms with van der Waals surface area (Å²) in [6, 6.07) is 8.06. The van der Waals surface area contributed by atoms with Crippen molar-refractivity contribution in [3.8, 4) is 0 Å². The Morgan fingerprint density at radius 2 is 1.81 bits per heavy atom. The van der Waals surface area contributed by atoms with Crippen LogP contribution in [0.5, 0.6) is 0 Å². The summed E-state index contributed by atoms with van der Waals surface area (Å²) in [7, 11) is 1.67. The number of carbonyl (C=O) groups is 1. The van der Waals surface area contributed by atoms with Crippen molar-refractivity contribution in [2.75, 3.05) is 43.5 Å². The van der Waals surface area contributed by atoms with Crippen LogP contribution in [0.1, 0.15) is 27.0 Å². The number of anilines is 2. The molecular formula is C20H26N4O3. The lowest BCUT2D eigenvalue weighted by Gasteiger charge is -2.34. The molecule has 1 fully saturated rings. The second kappa shape index (κ2) is 8.37. The predicted molar refractivity (Wildman–Crippen MR) is 105 cm³/mol. The van der Waals surface area contributed by atoms with E-state index in [9.17, 15) is 9.90 Å². The molecule has 2 N–H and O–H groups in total. The number of hydrogen-bond acceptors (Lipinski definition) is 6. The third-order valence-corrected chi connectivity index (χ3v) is 4.67. The molecule has 2 aromatic rings. The smallest absolute Gasteiger partial charge is 0.337 e. The number of aromatic nitrogens is 1. The van der Waals surface area contributed by atoms with Gasteiger partial charge in [-0.3, -0.25) is 0 Å². The first-order chi connectivity index (χ1) is 13.0. The van der Waals surface area contributed by atoms with Crippen LogP contribution >= 0.6 is 0 Å². The third kappa shape index (κ3) is 4.75. The van der Waals surface area contributed by atoms with Gasteiger partial charge >= 0.3 is 5.97 Å². The molecule has 1 aliphatic heterocycles. The summed E-state index contributed by atoms with van der Waals surface area (Å²) in [5.41, 5.74) is 4.49. The van der Waals surface area contributed by atoms with Gasteiger partial charge in [0.05, 0.1) is 18.4 Å². The zero-order chi connectivity index (χ0) is 19.4. The first kappa shape index (κ1) is 19.1. The lowest BCUT2D eigenvalue weighted by Crippen LogP contribution is -2.46. The van der Waals surface area contributed by atoms with Crippen molar-refractivity contribution in [3.05, 3.63) is 52.7 Å². The summed E-state index contributed by atoms with van der Waals surface area (Å²) in [5.74, 6) is -0.201. The van der Waals surface area contributed by atoms with E-state index < -0.39 is 5.97 Å². The molecule has 0 aliphatic carbocycles. The summed E-state index contributed by atoms with van der Waals surface area (Å²) in [6.07, 6.45) is 1.42. The third-order valence-electron chi connectivity index (χ3n) is 4.67. The number of benzene rings is 1. The Labute approximate surface area is 159 Å². The van der Waals surface area contributed by atoms with Crippen LogP contribution in [0.2, 0.25) is 0 Å². The largest absolute Gasteiger partial charge is 0.478 e. The van der Waals surface area contributed by atoms with Crippen LogP contribution < -0.4 is 10.2 Å². The van der Waals surface area contributed by atoms with Crippen LogP contribution in [0.4, 0.5) is 11.5 Å². The summed E-state index contributed by atoms with van der Waals surface area (Å²) < 4.78 is 0. The number of rotatable bonds is 6. The van der Waals surface area contributed by atoms with Gasteiger partial charge in [-0.1, -0.05) is 29.3 Å². The van der Waals surface area contributed by atoms with E-state index in [1.165, 1.54) is 17.3 Å². The number of pyridine rings is 1. The van der Waals surface area contributed by atoms with E-state index in [2.05, 4.69) is 47.2 Å². The van der Waals surface area contributed by atoms with Gasteiger partial charge in [-0.05, 0) is 25.5 Å². The first-order valence-electron chi connectivity index (χ1n) is 9.04. The second-order valence-corrected chi connectivity index (χ2v) is 6.85. The fourth-order valence-corrected chi connectivity index (χ4v) is 3.41. The molecular weight excluding hydrogens is 344 g/mol. The Morgan fingerprint density at radius 1 is 1.15 bits per heavy atom. The van der Waals surface area contributed by atoms with Crippen molar-refractivity contribution in [1.82, 2.24) is 10.0 Å². The summed E-state index contributed by atoms with van der Waals surface area (Å²) in [5, 5.41) is 14.6. The van der Waals surface area contributed by atoms with Gasteiger partial charge in [-0.15, -0.1) is 0 Å². The number of carboxylic acid groups (broad SMARTS) is 1. The minimum atomic E-state index is -0.979. The Bertz CT molecular complexity index is 797. The van der Waals surface area contributed by atoms with Gasteiger partial charge in [0.2, 0.25) is 0 Å². The maximum atomic E-state index is 11.4. The van der Waals surface area contributed by atoms with Crippen LogP contribution in [0.25, 0.3) is 0 Å². The van der Waals surface area contributed by atoms with E-state index in [4.69, 9.17) is 4.84 Å². The fraction of sp³-hybridized carbons (Fsp3) is 0.400. The number of piperazine rings is 1. The predicted octanol–water partition coefficient (Wildman–Crippen LogP) is 2.69. The maximum Gasteiger partial charge on any atom is 0.337 e. The topological polar surface area (TPSA) is 77.9 Å². The quantitative estimate of drug-likeness (QED) is 0.809. The molecule has 0 spiro atoms. The number of hydrogen-bond donors (Lipinski definition) is 2. The van der Waals surface area contributed by atoms with Crippen molar-refractivity contribution in [1.29, 1.82) is 0 Å². The maximum absolute atomic E-state index is 11.4. The number of nitrogens with one attached hydrogen (secondary N) is 1. The number of aromatic carboxylic acids is 1. The molecule has 1 saturated heterocycles. The van der Waals surface area contributed by atoms with E-state index in [0.717, 1.165) is 43.2 Å². The van der Waals surface area contributed by atoms with Crippen molar-refractivity contribution in [2.45, 2.75) is 20.4 Å². The number of hydroxylamine groups is 2. The highest BCUT2D eigenvalue weighted by atomic mass is 16.7. The Hall–Kier alpha value is -2.64. The van der Waals surface area contributed by atoms with Crippen LogP contribution in [0, 0.1) is 13.8 Å². The molecule has 27 heavy (non-hydrogen) atoms. The molecule has 0 bridgehead atoms. The highest BCUT2D eigenvalue weighted by Gasteiger charge is 2.21. The van der Waals surface area contributed by atoms with E-state index >= 15 is 0 Å². The van der Waals surface area contributed by atoms with E-state index in [1.807, 2.05) is 5.06 Å². The second-order valence-electron chi connectivity index (χ2n) is 6.85. The molecule has 7 nitrogen and oxygen atoms in total. The summed E-state index contributed by atoms with van der Waals surface area (Å²) in [6.45, 7) is 7.84. The number of carboxylic acids is 1. The number of nitrogens with zero attached hydrogens (tertiary/aromatic N) is 3. The van der Waals surface area contributed by atoms with Crippen LogP contribution in [0.15, 0.2) is 30.5 Å². The average Bonchev–Trinajstić information content (AvgIpc) is 2.65. The molecule has 1 aliphatic rings. The van der Waals surface area contributed by atoms with Gasteiger partial charge < -0.3 is 20.2 Å². The van der Waals surface area contributed by atoms with Gasteiger partial charge in [0.1, 0.15) is 0 Å². The molecule has 7 heteroatoms. The lowest BCUT2D eigenvalue weighted by molar-refractivity contribution is -0.133. The van der Waals surface area contributed by atoms with Gasteiger partial charge in [0.15, 0.2) is 5.82 Å². The highest BCUT2D eigenvalue weighted by Crippen LogP contribution is 2.26. The zero-order valence-corrected chi connectivity index (χ0v) is 16.0. The van der Waals surface area contributed by atoms with E-state index in [0.29, 0.717) is 6.54 Å². The molecule has 2 heterocycles. The average molecular weight is 370 g/mol. The zero-order valence-electron chi connectivity index (χ0n) is 16.0. The summed E-state index contributed by atoms with van der Waals surface area (Å²) in [4.78, 5) is 23.3. The fourth-order valence-electron chi connectivity index (χ4n) is 3.41. The Balaban J connectivity index is 1.82. The van der Waals surface area contributed by atoms with Gasteiger partial charge in [-0.2, -0.15) is 5.06 Å². The molecule has 0 radical (unpaired) electrons. The Kier molecular flexibility index (Phi) is 5.93. The van der Waals surface area contributed by atoms with E-state index in [1.54, 1.807) is 13.2 Å². The van der Waals surface area contributed by atoms with Crippen molar-refractivity contribution >= 4 is 17.5 Å². The molecule has 0 amide bonds. The van der Waals surface area contributed by atoms with Gasteiger partial charge in [0, 0.05) is 38.9 Å². The van der Waals surface area contributed by atoms with Crippen molar-refractivity contribution in [2.24, 2.45) is 0 Å². The standard InChI is InChI=1S/C20H26N4O3/c1-14-8-15(2)10-16(9-14)12-21-18-11-17(20(25)26)13-22-19(18)23-4-6-24(27-3)7-5-23/h8-11,13,21H,4-7,12H2,1-3H3,(H,25,26). The van der Waals surface area contributed by atoms with Gasteiger partial charge in [-0.25, -0.2) is 9.78 Å². The number of aryl methyl sites for hydroxylation is 2. The molecule has 0 unspecified atom stereocenters. The van der Waals surface area contributed by atoms with Crippen LogP contribution in [-0.2, 0) is 11.4 Å². The minimum absolute atomic E-state index is 0.178. The normalized spacial score (nSPS) is 15.0. The molecule has 1 aromatic heterocycles. The highest BCUT2D eigenvalue weighted by molar-refractivity contribution is 5.89. The van der Waals surface area contributed by atoms with Gasteiger partial charge in [0.25, 0.3) is 0 Å². The van der Waals surface area contributed by atoms with Crippen LogP contribution in [-0.4, -0.2) is 54.4 Å². The molecule has 0 saturated carbocycles. The summed E-state index contributed by atoms with van der Waals surface area (Å²) >= 11 is 0. The van der Waals surface area contributed by atoms with E-state index in [-0.39, 0.29) is 5.56 Å². The minimum Gasteiger partial charge on any atom is -0.478 e. The SMILES string of the molecule is CON1CCN(c2ncc(C(=O)O)cc2NCc2cc(C)cc(C)c2)CC1. The molecule has 0 atom stereocenters. The molecule has 144 valence electrons. The molecule has 1 aromatic carbocycles. The van der Waals surface area contributed by atoms with Crippen molar-refractivity contribution in [3.63, 3.8) is 0 Å².